The summed E-state index contributed by atoms with van der Waals surface area (Å²) >= 11 is 1.75. The van der Waals surface area contributed by atoms with Gasteiger partial charge in [0.15, 0.2) is 0 Å². The van der Waals surface area contributed by atoms with Gasteiger partial charge in [-0.3, -0.25) is 9.59 Å². The van der Waals surface area contributed by atoms with Gasteiger partial charge in [0.05, 0.1) is 11.4 Å². The number of nitrogens with one attached hydrogen (secondary N) is 2. The Labute approximate surface area is 191 Å². The first-order chi connectivity index (χ1) is 15.6. The molecule has 0 saturated carbocycles. The minimum Gasteiger partial charge on any atom is -0.508 e. The Balaban J connectivity index is 1.23. The van der Waals surface area contributed by atoms with Crippen molar-refractivity contribution >= 4 is 35.0 Å². The molecule has 164 valence electrons. The first-order valence-electron chi connectivity index (χ1n) is 10.6. The van der Waals surface area contributed by atoms with Crippen LogP contribution in [0.3, 0.4) is 0 Å². The zero-order valence-corrected chi connectivity index (χ0v) is 18.4. The summed E-state index contributed by atoms with van der Waals surface area (Å²) in [5.41, 5.74) is 2.66. The Morgan fingerprint density at radius 2 is 1.50 bits per heavy atom. The van der Waals surface area contributed by atoms with Crippen molar-refractivity contribution in [1.82, 2.24) is 10.6 Å². The standard InChI is InChI=1S/C25H25N3O3S/c29-19-8-5-7-18(17-19)25(31)27-15-6-14-26-24(30)13-16-28-20-9-1-3-11-22(20)32-23-12-4-2-10-21(23)28/h1-5,7-12,17,29H,6,13-16H2,(H,26,30)(H,27,31). The lowest BCUT2D eigenvalue weighted by Gasteiger charge is -2.32. The van der Waals surface area contributed by atoms with Gasteiger partial charge in [0.2, 0.25) is 5.91 Å². The first kappa shape index (κ1) is 21.8. The number of anilines is 2. The Kier molecular flexibility index (Phi) is 6.97. The van der Waals surface area contributed by atoms with E-state index in [4.69, 9.17) is 0 Å². The number of phenolic OH excluding ortho intramolecular Hbond substituents is 1. The van der Waals surface area contributed by atoms with Crippen molar-refractivity contribution in [2.75, 3.05) is 24.5 Å². The van der Waals surface area contributed by atoms with Crippen molar-refractivity contribution < 1.29 is 14.7 Å². The fraction of sp³-hybridized carbons (Fsp3) is 0.200. The summed E-state index contributed by atoms with van der Waals surface area (Å²) in [5.74, 6) is -0.201. The summed E-state index contributed by atoms with van der Waals surface area (Å²) in [4.78, 5) is 29.0. The molecule has 0 atom stereocenters. The third kappa shape index (κ3) is 5.23. The van der Waals surface area contributed by atoms with Gasteiger partial charge in [0.1, 0.15) is 5.75 Å². The highest BCUT2D eigenvalue weighted by atomic mass is 32.2. The number of amides is 2. The van der Waals surface area contributed by atoms with Crippen LogP contribution in [0.15, 0.2) is 82.6 Å². The third-order valence-electron chi connectivity index (χ3n) is 5.16. The molecular weight excluding hydrogens is 422 g/mol. The van der Waals surface area contributed by atoms with Gasteiger partial charge in [-0.25, -0.2) is 0 Å². The van der Waals surface area contributed by atoms with E-state index in [-0.39, 0.29) is 17.6 Å². The van der Waals surface area contributed by atoms with E-state index >= 15 is 0 Å². The van der Waals surface area contributed by atoms with Crippen LogP contribution in [0, 0.1) is 0 Å². The lowest BCUT2D eigenvalue weighted by atomic mass is 10.2. The van der Waals surface area contributed by atoms with Gasteiger partial charge in [-0.05, 0) is 48.9 Å². The normalized spacial score (nSPS) is 11.9. The number of aromatic hydroxyl groups is 1. The number of carbonyl (C=O) groups is 2. The molecule has 0 unspecified atom stereocenters. The molecule has 0 bridgehead atoms. The quantitative estimate of drug-likeness (QED) is 0.448. The van der Waals surface area contributed by atoms with Crippen LogP contribution in [0.5, 0.6) is 5.75 Å². The maximum atomic E-state index is 12.4. The van der Waals surface area contributed by atoms with E-state index < -0.39 is 0 Å². The molecule has 0 saturated heterocycles. The average Bonchev–Trinajstić information content (AvgIpc) is 2.81. The van der Waals surface area contributed by atoms with E-state index in [1.54, 1.807) is 23.9 Å². The average molecular weight is 448 g/mol. The SMILES string of the molecule is O=C(CCN1c2ccccc2Sc2ccccc21)NCCCNC(=O)c1cccc(O)c1. The smallest absolute Gasteiger partial charge is 0.251 e. The molecular formula is C25H25N3O3S. The van der Waals surface area contributed by atoms with Crippen LogP contribution in [0.4, 0.5) is 11.4 Å². The van der Waals surface area contributed by atoms with Crippen LogP contribution in [0.1, 0.15) is 23.2 Å². The summed E-state index contributed by atoms with van der Waals surface area (Å²) in [6.07, 6.45) is 1.01. The van der Waals surface area contributed by atoms with E-state index in [0.717, 1.165) is 11.4 Å². The second-order valence-electron chi connectivity index (χ2n) is 7.45. The fourth-order valence-electron chi connectivity index (χ4n) is 3.59. The first-order valence-corrected chi connectivity index (χ1v) is 11.4. The van der Waals surface area contributed by atoms with Crippen LogP contribution >= 0.6 is 11.8 Å². The minimum atomic E-state index is -0.243. The highest BCUT2D eigenvalue weighted by molar-refractivity contribution is 7.99. The molecule has 0 spiro atoms. The zero-order chi connectivity index (χ0) is 22.3. The maximum Gasteiger partial charge on any atom is 0.251 e. The summed E-state index contributed by atoms with van der Waals surface area (Å²) in [7, 11) is 0. The number of benzene rings is 3. The van der Waals surface area contributed by atoms with Gasteiger partial charge < -0.3 is 20.6 Å². The third-order valence-corrected chi connectivity index (χ3v) is 6.29. The Morgan fingerprint density at radius 1 is 0.844 bits per heavy atom. The predicted molar refractivity (Wildman–Crippen MR) is 127 cm³/mol. The second-order valence-corrected chi connectivity index (χ2v) is 8.53. The fourth-order valence-corrected chi connectivity index (χ4v) is 4.69. The highest BCUT2D eigenvalue weighted by Crippen LogP contribution is 2.47. The van der Waals surface area contributed by atoms with Gasteiger partial charge in [0.25, 0.3) is 5.91 Å². The number of phenols is 1. The second kappa shape index (κ2) is 10.2. The van der Waals surface area contributed by atoms with Gasteiger partial charge in [-0.15, -0.1) is 0 Å². The largest absolute Gasteiger partial charge is 0.508 e. The Bertz CT molecular complexity index is 1070. The molecule has 4 rings (SSSR count). The van der Waals surface area contributed by atoms with E-state index in [9.17, 15) is 14.7 Å². The summed E-state index contributed by atoms with van der Waals surface area (Å²) in [6, 6.07) is 22.7. The number of rotatable bonds is 8. The summed E-state index contributed by atoms with van der Waals surface area (Å²) in [6.45, 7) is 1.52. The molecule has 0 fully saturated rings. The lowest BCUT2D eigenvalue weighted by Crippen LogP contribution is -2.32. The van der Waals surface area contributed by atoms with Crippen LogP contribution in [0.25, 0.3) is 0 Å². The van der Waals surface area contributed by atoms with Gasteiger partial charge in [0, 0.05) is 41.4 Å². The van der Waals surface area contributed by atoms with Crippen molar-refractivity contribution in [2.45, 2.75) is 22.6 Å². The van der Waals surface area contributed by atoms with E-state index in [2.05, 4.69) is 39.8 Å². The topological polar surface area (TPSA) is 81.7 Å². The van der Waals surface area contributed by atoms with E-state index in [0.29, 0.717) is 38.0 Å². The van der Waals surface area contributed by atoms with Crippen LogP contribution < -0.4 is 15.5 Å². The number of nitrogens with zero attached hydrogens (tertiary/aromatic N) is 1. The number of hydrogen-bond acceptors (Lipinski definition) is 5. The molecule has 3 aromatic rings. The molecule has 0 aliphatic carbocycles. The maximum absolute atomic E-state index is 12.4. The van der Waals surface area contributed by atoms with Crippen molar-refractivity contribution in [3.63, 3.8) is 0 Å². The monoisotopic (exact) mass is 447 g/mol. The molecule has 1 aliphatic rings. The summed E-state index contributed by atoms with van der Waals surface area (Å²) < 4.78 is 0. The molecule has 32 heavy (non-hydrogen) atoms. The van der Waals surface area contributed by atoms with Crippen LogP contribution in [-0.4, -0.2) is 36.6 Å². The predicted octanol–water partition coefficient (Wildman–Crippen LogP) is 4.32. The molecule has 0 aromatic heterocycles. The van der Waals surface area contributed by atoms with Crippen molar-refractivity contribution in [1.29, 1.82) is 0 Å². The Hall–Kier alpha value is -3.45. The molecule has 3 N–H and O–H groups in total. The summed E-state index contributed by atoms with van der Waals surface area (Å²) in [5, 5.41) is 15.2. The van der Waals surface area contributed by atoms with Crippen molar-refractivity contribution in [2.24, 2.45) is 0 Å². The number of fused-ring (bicyclic) bond motifs is 2. The molecule has 1 heterocycles. The molecule has 1 aliphatic heterocycles. The molecule has 2 amide bonds. The molecule has 7 heteroatoms. The molecule has 0 radical (unpaired) electrons. The highest BCUT2D eigenvalue weighted by Gasteiger charge is 2.23. The number of hydrogen-bond donors (Lipinski definition) is 3. The van der Waals surface area contributed by atoms with Gasteiger partial charge in [-0.1, -0.05) is 42.1 Å². The van der Waals surface area contributed by atoms with Crippen LogP contribution in [0.2, 0.25) is 0 Å². The van der Waals surface area contributed by atoms with Crippen molar-refractivity contribution in [3.8, 4) is 5.75 Å². The Morgan fingerprint density at radius 3 is 2.19 bits per heavy atom. The number of carbonyl (C=O) groups excluding carboxylic acids is 2. The van der Waals surface area contributed by atoms with Gasteiger partial charge >= 0.3 is 0 Å². The van der Waals surface area contributed by atoms with E-state index in [1.807, 2.05) is 24.3 Å². The molecule has 6 nitrogen and oxygen atoms in total. The van der Waals surface area contributed by atoms with Gasteiger partial charge in [-0.2, -0.15) is 0 Å². The van der Waals surface area contributed by atoms with Crippen molar-refractivity contribution in [3.05, 3.63) is 78.4 Å². The van der Waals surface area contributed by atoms with Crippen LogP contribution in [-0.2, 0) is 4.79 Å². The molecule has 3 aromatic carbocycles. The zero-order valence-electron chi connectivity index (χ0n) is 17.6. The lowest BCUT2D eigenvalue weighted by molar-refractivity contribution is -0.120. The minimum absolute atomic E-state index is 0.0162. The van der Waals surface area contributed by atoms with E-state index in [1.165, 1.54) is 21.9 Å². The number of para-hydroxylation sites is 2.